The summed E-state index contributed by atoms with van der Waals surface area (Å²) in [5.74, 6) is 1.06. The number of rotatable bonds is 3. The highest BCUT2D eigenvalue weighted by Crippen LogP contribution is 2.31. The number of aromatic amines is 1. The molecule has 0 aliphatic carbocycles. The molecular formula is C9H10N2O4S. The monoisotopic (exact) mass is 242 g/mol. The van der Waals surface area contributed by atoms with E-state index < -0.39 is 11.1 Å². The molecule has 1 heterocycles. The molecule has 0 aliphatic rings. The molecule has 2 rings (SSSR count). The van der Waals surface area contributed by atoms with Crippen LogP contribution in [0.4, 0.5) is 0 Å². The maximum absolute atomic E-state index is 10.8. The molecule has 2 aromatic rings. The highest BCUT2D eigenvalue weighted by atomic mass is 32.2. The number of H-pyrrole nitrogens is 1. The van der Waals surface area contributed by atoms with E-state index in [1.807, 2.05) is 0 Å². The van der Waals surface area contributed by atoms with Crippen LogP contribution in [0.25, 0.3) is 11.0 Å². The van der Waals surface area contributed by atoms with Gasteiger partial charge >= 0.3 is 0 Å². The Hall–Kier alpha value is -1.60. The number of aromatic nitrogens is 2. The predicted octanol–water partition coefficient (Wildman–Crippen LogP) is 1.16. The molecule has 1 aromatic carbocycles. The van der Waals surface area contributed by atoms with Crippen LogP contribution in [0.15, 0.2) is 17.3 Å². The molecule has 0 amide bonds. The molecule has 0 spiro atoms. The van der Waals surface area contributed by atoms with E-state index in [4.69, 9.17) is 14.0 Å². The van der Waals surface area contributed by atoms with Crippen molar-refractivity contribution in [3.63, 3.8) is 0 Å². The van der Waals surface area contributed by atoms with Gasteiger partial charge in [-0.15, -0.1) is 0 Å². The van der Waals surface area contributed by atoms with E-state index in [1.54, 1.807) is 12.1 Å². The van der Waals surface area contributed by atoms with Crippen LogP contribution < -0.4 is 9.47 Å². The number of benzene rings is 1. The molecule has 1 unspecified atom stereocenters. The Morgan fingerprint density at radius 1 is 1.31 bits per heavy atom. The Balaban J connectivity index is 2.64. The van der Waals surface area contributed by atoms with E-state index in [0.717, 1.165) is 0 Å². The van der Waals surface area contributed by atoms with Crippen LogP contribution >= 0.6 is 0 Å². The lowest BCUT2D eigenvalue weighted by atomic mass is 10.3. The van der Waals surface area contributed by atoms with Gasteiger partial charge in [0.1, 0.15) is 0 Å². The SMILES string of the molecule is COc1cc2nc(S(=O)O)[nH]c2cc1OC. The smallest absolute Gasteiger partial charge is 0.225 e. The Bertz CT molecular complexity index is 511. The van der Waals surface area contributed by atoms with Crippen LogP contribution in [0.2, 0.25) is 0 Å². The molecule has 0 aliphatic heterocycles. The molecule has 2 N–H and O–H groups in total. The normalized spacial score (nSPS) is 12.7. The van der Waals surface area contributed by atoms with Gasteiger partial charge in [-0.1, -0.05) is 0 Å². The molecule has 7 heteroatoms. The Morgan fingerprint density at radius 2 is 1.94 bits per heavy atom. The summed E-state index contributed by atoms with van der Waals surface area (Å²) in [6, 6.07) is 3.30. The van der Waals surface area contributed by atoms with Crippen LogP contribution in [-0.4, -0.2) is 32.9 Å². The number of nitrogens with zero attached hydrogens (tertiary/aromatic N) is 1. The summed E-state index contributed by atoms with van der Waals surface area (Å²) < 4.78 is 29.9. The van der Waals surface area contributed by atoms with Gasteiger partial charge in [-0.05, 0) is 0 Å². The molecule has 0 saturated carbocycles. The van der Waals surface area contributed by atoms with E-state index in [9.17, 15) is 4.21 Å². The predicted molar refractivity (Wildman–Crippen MR) is 58.2 cm³/mol. The summed E-state index contributed by atoms with van der Waals surface area (Å²) in [5, 5.41) is 0.00491. The number of fused-ring (bicyclic) bond motifs is 1. The third-order valence-electron chi connectivity index (χ3n) is 2.13. The number of hydrogen-bond donors (Lipinski definition) is 2. The van der Waals surface area contributed by atoms with Gasteiger partial charge in [-0.25, -0.2) is 9.19 Å². The summed E-state index contributed by atoms with van der Waals surface area (Å²) in [5.41, 5.74) is 1.17. The second-order valence-corrected chi connectivity index (χ2v) is 3.90. The molecule has 0 saturated heterocycles. The van der Waals surface area contributed by atoms with Gasteiger partial charge in [0.05, 0.1) is 25.3 Å². The first kappa shape index (κ1) is 10.9. The summed E-state index contributed by atoms with van der Waals surface area (Å²) in [6.45, 7) is 0. The molecule has 1 atom stereocenters. The topological polar surface area (TPSA) is 84.4 Å². The molecular weight excluding hydrogens is 232 g/mol. The number of imidazole rings is 1. The van der Waals surface area contributed by atoms with Crippen LogP contribution in [0, 0.1) is 0 Å². The second-order valence-electron chi connectivity index (χ2n) is 3.02. The van der Waals surface area contributed by atoms with Gasteiger partial charge in [0.25, 0.3) is 0 Å². The van der Waals surface area contributed by atoms with Crippen molar-refractivity contribution in [1.29, 1.82) is 0 Å². The first-order valence-electron chi connectivity index (χ1n) is 4.38. The Labute approximate surface area is 93.9 Å². The van der Waals surface area contributed by atoms with Gasteiger partial charge in [-0.3, -0.25) is 4.55 Å². The van der Waals surface area contributed by atoms with Crippen LogP contribution in [0.1, 0.15) is 0 Å². The van der Waals surface area contributed by atoms with Crippen molar-refractivity contribution in [3.8, 4) is 11.5 Å². The first-order chi connectivity index (χ1) is 7.65. The van der Waals surface area contributed by atoms with Gasteiger partial charge in [0.15, 0.2) is 11.5 Å². The molecule has 6 nitrogen and oxygen atoms in total. The minimum Gasteiger partial charge on any atom is -0.493 e. The minimum atomic E-state index is -2.13. The van der Waals surface area contributed by atoms with E-state index in [2.05, 4.69) is 9.97 Å². The fraction of sp³-hybridized carbons (Fsp3) is 0.222. The lowest BCUT2D eigenvalue weighted by Crippen LogP contribution is -1.89. The lowest BCUT2D eigenvalue weighted by molar-refractivity contribution is 0.356. The molecule has 0 radical (unpaired) electrons. The lowest BCUT2D eigenvalue weighted by Gasteiger charge is -2.06. The van der Waals surface area contributed by atoms with E-state index >= 15 is 0 Å². The quantitative estimate of drug-likeness (QED) is 0.789. The summed E-state index contributed by atoms with van der Waals surface area (Å²) in [7, 11) is 3.03. The van der Waals surface area contributed by atoms with Crippen molar-refractivity contribution >= 4 is 22.1 Å². The van der Waals surface area contributed by atoms with Crippen LogP contribution in [-0.2, 0) is 11.1 Å². The summed E-state index contributed by atoms with van der Waals surface area (Å²) >= 11 is -2.13. The van der Waals surface area contributed by atoms with E-state index in [1.165, 1.54) is 14.2 Å². The van der Waals surface area contributed by atoms with Crippen molar-refractivity contribution in [1.82, 2.24) is 9.97 Å². The minimum absolute atomic E-state index is 0.00491. The van der Waals surface area contributed by atoms with Gasteiger partial charge in [0, 0.05) is 12.1 Å². The fourth-order valence-electron chi connectivity index (χ4n) is 1.40. The van der Waals surface area contributed by atoms with E-state index in [0.29, 0.717) is 22.5 Å². The highest BCUT2D eigenvalue weighted by Gasteiger charge is 2.12. The zero-order chi connectivity index (χ0) is 11.7. The Kier molecular flexibility index (Phi) is 2.80. The van der Waals surface area contributed by atoms with E-state index in [-0.39, 0.29) is 5.16 Å². The van der Waals surface area contributed by atoms with Crippen LogP contribution in [0.5, 0.6) is 11.5 Å². The maximum atomic E-state index is 10.8. The second kappa shape index (κ2) is 4.11. The maximum Gasteiger partial charge on any atom is 0.225 e. The van der Waals surface area contributed by atoms with Crippen molar-refractivity contribution in [2.24, 2.45) is 0 Å². The number of methoxy groups -OCH3 is 2. The van der Waals surface area contributed by atoms with Gasteiger partial charge < -0.3 is 14.5 Å². The van der Waals surface area contributed by atoms with Gasteiger partial charge in [0.2, 0.25) is 16.2 Å². The molecule has 1 aromatic heterocycles. The zero-order valence-electron chi connectivity index (χ0n) is 8.68. The molecule has 86 valence electrons. The Morgan fingerprint density at radius 3 is 2.50 bits per heavy atom. The standard InChI is InChI=1S/C9H10N2O4S/c1-14-7-3-5-6(4-8(7)15-2)11-9(10-5)16(12)13/h3-4H,1-2H3,(H,10,11)(H,12,13). The molecule has 16 heavy (non-hydrogen) atoms. The first-order valence-corrected chi connectivity index (χ1v) is 5.49. The summed E-state index contributed by atoms with van der Waals surface area (Å²) in [4.78, 5) is 6.68. The molecule has 0 fully saturated rings. The average molecular weight is 242 g/mol. The highest BCUT2D eigenvalue weighted by molar-refractivity contribution is 7.79. The van der Waals surface area contributed by atoms with Crippen LogP contribution in [0.3, 0.4) is 0 Å². The van der Waals surface area contributed by atoms with Crippen molar-refractivity contribution in [2.75, 3.05) is 14.2 Å². The zero-order valence-corrected chi connectivity index (χ0v) is 9.50. The fourth-order valence-corrected chi connectivity index (χ4v) is 1.77. The van der Waals surface area contributed by atoms with Gasteiger partial charge in [-0.2, -0.15) is 0 Å². The van der Waals surface area contributed by atoms with Crippen molar-refractivity contribution in [3.05, 3.63) is 12.1 Å². The number of nitrogens with one attached hydrogen (secondary N) is 1. The largest absolute Gasteiger partial charge is 0.493 e. The third-order valence-corrected chi connectivity index (χ3v) is 2.66. The van der Waals surface area contributed by atoms with Crippen molar-refractivity contribution in [2.45, 2.75) is 5.16 Å². The average Bonchev–Trinajstić information content (AvgIpc) is 2.69. The number of hydrogen-bond acceptors (Lipinski definition) is 4. The number of ether oxygens (including phenoxy) is 2. The van der Waals surface area contributed by atoms with Crippen molar-refractivity contribution < 1.29 is 18.2 Å². The third kappa shape index (κ3) is 1.74. The molecule has 0 bridgehead atoms. The summed E-state index contributed by atoms with van der Waals surface area (Å²) in [6.07, 6.45) is 0.